The number of halogens is 2. The van der Waals surface area contributed by atoms with Crippen LogP contribution in [0.5, 0.6) is 0 Å². The third-order valence-electron chi connectivity index (χ3n) is 2.89. The van der Waals surface area contributed by atoms with Gasteiger partial charge in [0.15, 0.2) is 0 Å². The van der Waals surface area contributed by atoms with Crippen molar-refractivity contribution in [2.24, 2.45) is 0 Å². The zero-order valence-electron chi connectivity index (χ0n) is 9.39. The SMILES string of the molecule is Cc1cc(CN2CCNCC2)cc(Cl)c1F. The fourth-order valence-corrected chi connectivity index (χ4v) is 2.31. The number of rotatable bonds is 2. The van der Waals surface area contributed by atoms with Crippen molar-refractivity contribution >= 4 is 11.6 Å². The van der Waals surface area contributed by atoms with Crippen molar-refractivity contribution in [1.82, 2.24) is 10.2 Å². The smallest absolute Gasteiger partial charge is 0.144 e. The van der Waals surface area contributed by atoms with Crippen LogP contribution in [0.15, 0.2) is 12.1 Å². The molecule has 1 heterocycles. The normalized spacial score (nSPS) is 17.7. The molecule has 0 saturated carbocycles. The van der Waals surface area contributed by atoms with Gasteiger partial charge in [0.25, 0.3) is 0 Å². The molecule has 1 N–H and O–H groups in total. The maximum Gasteiger partial charge on any atom is 0.144 e. The van der Waals surface area contributed by atoms with Crippen LogP contribution in [0.1, 0.15) is 11.1 Å². The molecule has 1 saturated heterocycles. The predicted octanol–water partition coefficient (Wildman–Crippen LogP) is 2.19. The van der Waals surface area contributed by atoms with E-state index in [1.165, 1.54) is 0 Å². The Labute approximate surface area is 100 Å². The Morgan fingerprint density at radius 3 is 2.69 bits per heavy atom. The van der Waals surface area contributed by atoms with E-state index in [-0.39, 0.29) is 10.8 Å². The lowest BCUT2D eigenvalue weighted by Gasteiger charge is -2.27. The lowest BCUT2D eigenvalue weighted by molar-refractivity contribution is 0.233. The predicted molar refractivity (Wildman–Crippen MR) is 64.3 cm³/mol. The van der Waals surface area contributed by atoms with Crippen molar-refractivity contribution in [3.05, 3.63) is 34.1 Å². The number of piperazine rings is 1. The molecule has 0 spiro atoms. The maximum atomic E-state index is 13.3. The summed E-state index contributed by atoms with van der Waals surface area (Å²) < 4.78 is 13.3. The monoisotopic (exact) mass is 242 g/mol. The Balaban J connectivity index is 2.09. The van der Waals surface area contributed by atoms with E-state index in [1.54, 1.807) is 13.0 Å². The second-order valence-electron chi connectivity index (χ2n) is 4.23. The number of aryl methyl sites for hydroxylation is 1. The first-order valence-corrected chi connectivity index (χ1v) is 5.92. The van der Waals surface area contributed by atoms with Crippen LogP contribution in [-0.4, -0.2) is 31.1 Å². The molecule has 0 amide bonds. The van der Waals surface area contributed by atoms with Gasteiger partial charge in [-0.15, -0.1) is 0 Å². The number of nitrogens with zero attached hydrogens (tertiary/aromatic N) is 1. The molecule has 1 aromatic rings. The van der Waals surface area contributed by atoms with Crippen molar-refractivity contribution in [3.8, 4) is 0 Å². The maximum absolute atomic E-state index is 13.3. The first-order valence-electron chi connectivity index (χ1n) is 5.54. The molecule has 2 rings (SSSR count). The van der Waals surface area contributed by atoms with Gasteiger partial charge in [-0.25, -0.2) is 4.39 Å². The van der Waals surface area contributed by atoms with Gasteiger partial charge in [-0.3, -0.25) is 4.90 Å². The summed E-state index contributed by atoms with van der Waals surface area (Å²) >= 11 is 5.83. The lowest BCUT2D eigenvalue weighted by Crippen LogP contribution is -2.42. The van der Waals surface area contributed by atoms with Crippen molar-refractivity contribution < 1.29 is 4.39 Å². The van der Waals surface area contributed by atoms with Gasteiger partial charge >= 0.3 is 0 Å². The number of hydrogen-bond donors (Lipinski definition) is 1. The molecule has 16 heavy (non-hydrogen) atoms. The topological polar surface area (TPSA) is 15.3 Å². The summed E-state index contributed by atoms with van der Waals surface area (Å²) in [4.78, 5) is 2.35. The quantitative estimate of drug-likeness (QED) is 0.856. The van der Waals surface area contributed by atoms with E-state index >= 15 is 0 Å². The van der Waals surface area contributed by atoms with Crippen LogP contribution in [0.2, 0.25) is 5.02 Å². The van der Waals surface area contributed by atoms with Crippen LogP contribution in [-0.2, 0) is 6.54 Å². The highest BCUT2D eigenvalue weighted by atomic mass is 35.5. The van der Waals surface area contributed by atoms with Crippen LogP contribution in [0.3, 0.4) is 0 Å². The fraction of sp³-hybridized carbons (Fsp3) is 0.500. The zero-order valence-corrected chi connectivity index (χ0v) is 10.1. The van der Waals surface area contributed by atoms with Gasteiger partial charge in [-0.1, -0.05) is 17.7 Å². The van der Waals surface area contributed by atoms with Gasteiger partial charge in [0.05, 0.1) is 5.02 Å². The number of benzene rings is 1. The van der Waals surface area contributed by atoms with E-state index in [0.29, 0.717) is 5.56 Å². The van der Waals surface area contributed by atoms with Crippen LogP contribution in [0, 0.1) is 12.7 Å². The molecule has 0 radical (unpaired) electrons. The molecular formula is C12H16ClFN2. The van der Waals surface area contributed by atoms with Gasteiger partial charge in [0.2, 0.25) is 0 Å². The molecule has 0 aliphatic carbocycles. The van der Waals surface area contributed by atoms with Crippen LogP contribution >= 0.6 is 11.6 Å². The summed E-state index contributed by atoms with van der Waals surface area (Å²) in [5, 5.41) is 3.53. The number of hydrogen-bond acceptors (Lipinski definition) is 2. The lowest BCUT2D eigenvalue weighted by atomic mass is 10.1. The molecule has 0 bridgehead atoms. The van der Waals surface area contributed by atoms with E-state index in [4.69, 9.17) is 11.6 Å². The molecular weight excluding hydrogens is 227 g/mol. The Bertz CT molecular complexity index is 352. The first-order chi connectivity index (χ1) is 7.66. The van der Waals surface area contributed by atoms with E-state index in [2.05, 4.69) is 10.2 Å². The van der Waals surface area contributed by atoms with Gasteiger partial charge < -0.3 is 5.32 Å². The van der Waals surface area contributed by atoms with Gasteiger partial charge in [-0.05, 0) is 24.1 Å². The summed E-state index contributed by atoms with van der Waals surface area (Å²) in [6, 6.07) is 3.61. The van der Waals surface area contributed by atoms with Crippen molar-refractivity contribution in [2.75, 3.05) is 26.2 Å². The van der Waals surface area contributed by atoms with E-state index in [9.17, 15) is 4.39 Å². The highest BCUT2D eigenvalue weighted by Crippen LogP contribution is 2.21. The molecule has 88 valence electrons. The highest BCUT2D eigenvalue weighted by Gasteiger charge is 2.12. The molecule has 0 unspecified atom stereocenters. The third-order valence-corrected chi connectivity index (χ3v) is 3.16. The molecule has 2 nitrogen and oxygen atoms in total. The molecule has 0 aromatic heterocycles. The third kappa shape index (κ3) is 2.73. The molecule has 1 aromatic carbocycles. The second kappa shape index (κ2) is 5.13. The van der Waals surface area contributed by atoms with Crippen LogP contribution in [0.25, 0.3) is 0 Å². The zero-order chi connectivity index (χ0) is 11.5. The van der Waals surface area contributed by atoms with Crippen molar-refractivity contribution in [2.45, 2.75) is 13.5 Å². The van der Waals surface area contributed by atoms with Crippen molar-refractivity contribution in [3.63, 3.8) is 0 Å². The molecule has 1 fully saturated rings. The standard InChI is InChI=1S/C12H16ClFN2/c1-9-6-10(7-11(13)12(9)14)8-16-4-2-15-3-5-16/h6-7,15H,2-5,8H2,1H3. The average molecular weight is 243 g/mol. The Hall–Kier alpha value is -0.640. The highest BCUT2D eigenvalue weighted by molar-refractivity contribution is 6.30. The Morgan fingerprint density at radius 2 is 2.06 bits per heavy atom. The van der Waals surface area contributed by atoms with E-state index in [0.717, 1.165) is 38.3 Å². The Morgan fingerprint density at radius 1 is 1.38 bits per heavy atom. The summed E-state index contributed by atoms with van der Waals surface area (Å²) in [7, 11) is 0. The van der Waals surface area contributed by atoms with Gasteiger partial charge in [-0.2, -0.15) is 0 Å². The summed E-state index contributed by atoms with van der Waals surface area (Å²) in [5.41, 5.74) is 1.71. The average Bonchev–Trinajstić information content (AvgIpc) is 2.27. The van der Waals surface area contributed by atoms with Crippen LogP contribution < -0.4 is 5.32 Å². The minimum atomic E-state index is -0.300. The summed E-state index contributed by atoms with van der Waals surface area (Å²) in [6.45, 7) is 6.72. The fourth-order valence-electron chi connectivity index (χ4n) is 2.02. The van der Waals surface area contributed by atoms with E-state index < -0.39 is 0 Å². The summed E-state index contributed by atoms with van der Waals surface area (Å²) in [5.74, 6) is -0.300. The van der Waals surface area contributed by atoms with Gasteiger partial charge in [0, 0.05) is 32.7 Å². The molecule has 0 atom stereocenters. The summed E-state index contributed by atoms with van der Waals surface area (Å²) in [6.07, 6.45) is 0. The first kappa shape index (κ1) is 11.8. The molecule has 1 aliphatic heterocycles. The van der Waals surface area contributed by atoms with Crippen LogP contribution in [0.4, 0.5) is 4.39 Å². The largest absolute Gasteiger partial charge is 0.314 e. The Kier molecular flexibility index (Phi) is 3.79. The molecule has 4 heteroatoms. The van der Waals surface area contributed by atoms with E-state index in [1.807, 2.05) is 6.07 Å². The molecule has 1 aliphatic rings. The minimum Gasteiger partial charge on any atom is -0.314 e. The van der Waals surface area contributed by atoms with Crippen molar-refractivity contribution in [1.29, 1.82) is 0 Å². The number of nitrogens with one attached hydrogen (secondary N) is 1. The second-order valence-corrected chi connectivity index (χ2v) is 4.64. The van der Waals surface area contributed by atoms with Gasteiger partial charge in [0.1, 0.15) is 5.82 Å². The minimum absolute atomic E-state index is 0.227.